The second-order valence-corrected chi connectivity index (χ2v) is 6.64. The van der Waals surface area contributed by atoms with Gasteiger partial charge in [-0.25, -0.2) is 0 Å². The van der Waals surface area contributed by atoms with Crippen LogP contribution >= 0.6 is 34.5 Å². The number of nitrogens with one attached hydrogen (secondary N) is 1. The van der Waals surface area contributed by atoms with Crippen LogP contribution in [0.3, 0.4) is 0 Å². The van der Waals surface area contributed by atoms with Crippen LogP contribution in [0.15, 0.2) is 22.7 Å². The standard InChI is InChI=1S/C14H10Cl2N4O2S/c1-6-10(13(21)17-14-19-18-7(2)23-14)12(20-22-6)11-8(15)4-3-5-9(11)16/h3-5H,1-2H3,(H,17,19,21). The summed E-state index contributed by atoms with van der Waals surface area (Å²) >= 11 is 13.7. The van der Waals surface area contributed by atoms with Crippen molar-refractivity contribution >= 4 is 45.6 Å². The van der Waals surface area contributed by atoms with Crippen molar-refractivity contribution in [3.05, 3.63) is 44.6 Å². The maximum atomic E-state index is 12.6. The Morgan fingerprint density at radius 3 is 2.52 bits per heavy atom. The third-order valence-corrected chi connectivity index (χ3v) is 4.42. The first-order valence-corrected chi connectivity index (χ1v) is 8.06. The Morgan fingerprint density at radius 1 is 1.22 bits per heavy atom. The van der Waals surface area contributed by atoms with Gasteiger partial charge in [0.05, 0.1) is 10.0 Å². The Labute approximate surface area is 145 Å². The molecule has 23 heavy (non-hydrogen) atoms. The predicted octanol–water partition coefficient (Wildman–Crippen LogP) is 4.37. The van der Waals surface area contributed by atoms with Crippen molar-refractivity contribution in [3.63, 3.8) is 0 Å². The zero-order valence-corrected chi connectivity index (χ0v) is 14.4. The van der Waals surface area contributed by atoms with Gasteiger partial charge in [-0.05, 0) is 26.0 Å². The number of anilines is 1. The molecule has 2 heterocycles. The quantitative estimate of drug-likeness (QED) is 0.742. The van der Waals surface area contributed by atoms with Crippen LogP contribution in [0, 0.1) is 13.8 Å². The van der Waals surface area contributed by atoms with Crippen molar-refractivity contribution < 1.29 is 9.32 Å². The second kappa shape index (κ2) is 6.27. The summed E-state index contributed by atoms with van der Waals surface area (Å²) in [5.41, 5.74) is 0.996. The summed E-state index contributed by atoms with van der Waals surface area (Å²) in [6, 6.07) is 5.05. The van der Waals surface area contributed by atoms with Gasteiger partial charge in [0.15, 0.2) is 0 Å². The highest BCUT2D eigenvalue weighted by atomic mass is 35.5. The van der Waals surface area contributed by atoms with Crippen molar-refractivity contribution in [2.24, 2.45) is 0 Å². The summed E-state index contributed by atoms with van der Waals surface area (Å²) in [5, 5.41) is 16.2. The first-order chi connectivity index (χ1) is 11.0. The number of benzene rings is 1. The normalized spacial score (nSPS) is 10.8. The first-order valence-electron chi connectivity index (χ1n) is 6.49. The highest BCUT2D eigenvalue weighted by molar-refractivity contribution is 7.15. The molecule has 6 nitrogen and oxygen atoms in total. The number of hydrogen-bond acceptors (Lipinski definition) is 6. The topological polar surface area (TPSA) is 80.9 Å². The molecule has 0 saturated heterocycles. The van der Waals surface area contributed by atoms with E-state index in [0.29, 0.717) is 26.5 Å². The van der Waals surface area contributed by atoms with Gasteiger partial charge in [0.2, 0.25) is 5.13 Å². The molecular formula is C14H10Cl2N4O2S. The van der Waals surface area contributed by atoms with Gasteiger partial charge in [-0.1, -0.05) is 45.8 Å². The Morgan fingerprint density at radius 2 is 1.91 bits per heavy atom. The van der Waals surface area contributed by atoms with Gasteiger partial charge in [0.1, 0.15) is 22.0 Å². The molecule has 0 aliphatic heterocycles. The molecular weight excluding hydrogens is 359 g/mol. The molecule has 0 aliphatic rings. The summed E-state index contributed by atoms with van der Waals surface area (Å²) in [4.78, 5) is 12.6. The van der Waals surface area contributed by atoms with Gasteiger partial charge in [0.25, 0.3) is 5.91 Å². The maximum absolute atomic E-state index is 12.6. The van der Waals surface area contributed by atoms with Gasteiger partial charge in [-0.3, -0.25) is 10.1 Å². The largest absolute Gasteiger partial charge is 0.360 e. The molecule has 0 aliphatic carbocycles. The summed E-state index contributed by atoms with van der Waals surface area (Å²) in [6.45, 7) is 3.44. The number of carbonyl (C=O) groups excluding carboxylic acids is 1. The van der Waals surface area contributed by atoms with E-state index in [0.717, 1.165) is 5.01 Å². The molecule has 0 fully saturated rings. The third-order valence-electron chi connectivity index (χ3n) is 3.04. The number of nitrogens with zero attached hydrogens (tertiary/aromatic N) is 3. The molecule has 1 aromatic carbocycles. The summed E-state index contributed by atoms with van der Waals surface area (Å²) in [5.74, 6) is -0.0550. The lowest BCUT2D eigenvalue weighted by atomic mass is 10.1. The molecule has 0 bridgehead atoms. The van der Waals surface area contributed by atoms with Crippen molar-refractivity contribution in [2.75, 3.05) is 5.32 Å². The molecule has 0 unspecified atom stereocenters. The molecule has 9 heteroatoms. The second-order valence-electron chi connectivity index (χ2n) is 4.64. The lowest BCUT2D eigenvalue weighted by molar-refractivity contribution is 0.102. The average molecular weight is 369 g/mol. The van der Waals surface area contributed by atoms with Gasteiger partial charge in [-0.2, -0.15) is 0 Å². The van der Waals surface area contributed by atoms with Gasteiger partial charge in [-0.15, -0.1) is 10.2 Å². The van der Waals surface area contributed by atoms with E-state index in [1.807, 2.05) is 0 Å². The molecule has 1 amide bonds. The average Bonchev–Trinajstić information content (AvgIpc) is 3.05. The number of halogens is 2. The smallest absolute Gasteiger partial charge is 0.263 e. The molecule has 0 spiro atoms. The summed E-state index contributed by atoms with van der Waals surface area (Å²) < 4.78 is 5.16. The first kappa shape index (κ1) is 15.9. The number of rotatable bonds is 3. The van der Waals surface area contributed by atoms with Crippen LogP contribution in [0.5, 0.6) is 0 Å². The molecule has 1 N–H and O–H groups in total. The minimum absolute atomic E-state index is 0.257. The summed E-state index contributed by atoms with van der Waals surface area (Å²) in [7, 11) is 0. The van der Waals surface area contributed by atoms with E-state index in [-0.39, 0.29) is 11.3 Å². The van der Waals surface area contributed by atoms with Crippen LogP contribution in [0.25, 0.3) is 11.3 Å². The molecule has 0 atom stereocenters. The van der Waals surface area contributed by atoms with Crippen LogP contribution in [-0.2, 0) is 0 Å². The van der Waals surface area contributed by atoms with Crippen LogP contribution in [0.2, 0.25) is 10.0 Å². The van der Waals surface area contributed by atoms with Crippen molar-refractivity contribution in [1.82, 2.24) is 15.4 Å². The van der Waals surface area contributed by atoms with Gasteiger partial charge in [0, 0.05) is 5.56 Å². The van der Waals surface area contributed by atoms with E-state index < -0.39 is 5.91 Å². The Bertz CT molecular complexity index is 871. The third kappa shape index (κ3) is 3.08. The Hall–Kier alpha value is -1.96. The number of amides is 1. The van der Waals surface area contributed by atoms with Crippen molar-refractivity contribution in [3.8, 4) is 11.3 Å². The van der Waals surface area contributed by atoms with E-state index in [9.17, 15) is 4.79 Å². The fourth-order valence-electron chi connectivity index (χ4n) is 2.04. The maximum Gasteiger partial charge on any atom is 0.263 e. The molecule has 0 radical (unpaired) electrons. The zero-order valence-electron chi connectivity index (χ0n) is 12.1. The fourth-order valence-corrected chi connectivity index (χ4v) is 3.20. The zero-order chi connectivity index (χ0) is 16.6. The lowest BCUT2D eigenvalue weighted by Crippen LogP contribution is -2.13. The number of hydrogen-bond donors (Lipinski definition) is 1. The highest BCUT2D eigenvalue weighted by Crippen LogP contribution is 2.37. The van der Waals surface area contributed by atoms with E-state index in [1.54, 1.807) is 32.0 Å². The number of carbonyl (C=O) groups is 1. The molecule has 3 aromatic rings. The lowest BCUT2D eigenvalue weighted by Gasteiger charge is -2.06. The van der Waals surface area contributed by atoms with E-state index in [4.69, 9.17) is 27.7 Å². The summed E-state index contributed by atoms with van der Waals surface area (Å²) in [6.07, 6.45) is 0. The van der Waals surface area contributed by atoms with E-state index in [2.05, 4.69) is 20.7 Å². The predicted molar refractivity (Wildman–Crippen MR) is 89.3 cm³/mol. The minimum atomic E-state index is -0.411. The van der Waals surface area contributed by atoms with Crippen LogP contribution in [0.1, 0.15) is 21.1 Å². The van der Waals surface area contributed by atoms with E-state index in [1.165, 1.54) is 11.3 Å². The molecule has 118 valence electrons. The number of aryl methyl sites for hydroxylation is 2. The molecule has 2 aromatic heterocycles. The van der Waals surface area contributed by atoms with Gasteiger partial charge < -0.3 is 4.52 Å². The van der Waals surface area contributed by atoms with Crippen molar-refractivity contribution in [1.29, 1.82) is 0 Å². The Kier molecular flexibility index (Phi) is 4.34. The van der Waals surface area contributed by atoms with Gasteiger partial charge >= 0.3 is 0 Å². The fraction of sp³-hybridized carbons (Fsp3) is 0.143. The molecule has 0 saturated carbocycles. The van der Waals surface area contributed by atoms with Crippen LogP contribution in [0.4, 0.5) is 5.13 Å². The minimum Gasteiger partial charge on any atom is -0.360 e. The van der Waals surface area contributed by atoms with Crippen LogP contribution < -0.4 is 5.32 Å². The Balaban J connectivity index is 2.04. The highest BCUT2D eigenvalue weighted by Gasteiger charge is 2.25. The molecule has 3 rings (SSSR count). The number of aromatic nitrogens is 3. The van der Waals surface area contributed by atoms with Crippen molar-refractivity contribution in [2.45, 2.75) is 13.8 Å². The van der Waals surface area contributed by atoms with E-state index >= 15 is 0 Å². The monoisotopic (exact) mass is 368 g/mol. The van der Waals surface area contributed by atoms with Crippen LogP contribution in [-0.4, -0.2) is 21.3 Å². The SMILES string of the molecule is Cc1nnc(NC(=O)c2c(-c3c(Cl)cccc3Cl)noc2C)s1.